The minimum absolute atomic E-state index is 0.0809. The number of ether oxygens (including phenoxy) is 1. The summed E-state index contributed by atoms with van der Waals surface area (Å²) in [6, 6.07) is 4.84. The van der Waals surface area contributed by atoms with E-state index in [4.69, 9.17) is 4.74 Å². The molecule has 1 rings (SSSR count). The van der Waals surface area contributed by atoms with Crippen molar-refractivity contribution in [3.05, 3.63) is 18.2 Å². The van der Waals surface area contributed by atoms with Gasteiger partial charge >= 0.3 is 0 Å². The Balaban J connectivity index is 3.09. The van der Waals surface area contributed by atoms with Gasteiger partial charge in [0.05, 0.1) is 12.8 Å². The molecule has 0 radical (unpaired) electrons. The van der Waals surface area contributed by atoms with Crippen molar-refractivity contribution in [1.82, 2.24) is 0 Å². The normalized spacial score (nSPS) is 9.18. The van der Waals surface area contributed by atoms with Crippen LogP contribution in [0.15, 0.2) is 23.2 Å². The zero-order valence-corrected chi connectivity index (χ0v) is 6.24. The second-order valence-electron chi connectivity index (χ2n) is 2.01. The summed E-state index contributed by atoms with van der Waals surface area (Å²) in [7, 11) is 1.50. The summed E-state index contributed by atoms with van der Waals surface area (Å²) in [5.41, 5.74) is 0.628. The van der Waals surface area contributed by atoms with Gasteiger partial charge in [0.1, 0.15) is 0 Å². The van der Waals surface area contributed by atoms with E-state index in [0.29, 0.717) is 11.4 Å². The first-order chi connectivity index (χ1) is 5.27. The van der Waals surface area contributed by atoms with Gasteiger partial charge in [-0.2, -0.15) is 0 Å². The molecule has 0 atom stereocenters. The Bertz CT molecular complexity index is 271. The van der Waals surface area contributed by atoms with Gasteiger partial charge in [-0.25, -0.2) is 0 Å². The first kappa shape index (κ1) is 7.60. The van der Waals surface area contributed by atoms with Gasteiger partial charge in [0.25, 0.3) is 0 Å². The molecule has 1 aromatic rings. The maximum Gasteiger partial charge on any atom is 0.160 e. The van der Waals surface area contributed by atoms with Crippen LogP contribution >= 0.6 is 0 Å². The van der Waals surface area contributed by atoms with Gasteiger partial charge in [-0.1, -0.05) is 0 Å². The fraction of sp³-hybridized carbons (Fsp3) is 0.125. The van der Waals surface area contributed by atoms with Crippen molar-refractivity contribution in [2.75, 3.05) is 7.11 Å². The molecule has 0 aliphatic carbocycles. The van der Waals surface area contributed by atoms with Crippen LogP contribution in [0.1, 0.15) is 0 Å². The van der Waals surface area contributed by atoms with Crippen LogP contribution in [0.3, 0.4) is 0 Å². The van der Waals surface area contributed by atoms with Gasteiger partial charge in [0.15, 0.2) is 11.5 Å². The van der Waals surface area contributed by atoms with Crippen LogP contribution < -0.4 is 4.74 Å². The number of nitrogens with zero attached hydrogens (tertiary/aromatic N) is 1. The maximum atomic E-state index is 9.21. The molecule has 0 aromatic heterocycles. The molecule has 58 valence electrons. The molecule has 0 bridgehead atoms. The summed E-state index contributed by atoms with van der Waals surface area (Å²) >= 11 is 0. The lowest BCUT2D eigenvalue weighted by Crippen LogP contribution is -1.81. The van der Waals surface area contributed by atoms with E-state index >= 15 is 0 Å². The van der Waals surface area contributed by atoms with Crippen LogP contribution in [0.25, 0.3) is 0 Å². The van der Waals surface area contributed by atoms with E-state index in [9.17, 15) is 5.11 Å². The van der Waals surface area contributed by atoms with Crippen molar-refractivity contribution in [2.45, 2.75) is 0 Å². The average molecular weight is 151 g/mol. The van der Waals surface area contributed by atoms with Gasteiger partial charge in [0.2, 0.25) is 0 Å². The largest absolute Gasteiger partial charge is 0.504 e. The lowest BCUT2D eigenvalue weighted by atomic mass is 10.3. The smallest absolute Gasteiger partial charge is 0.160 e. The second kappa shape index (κ2) is 3.05. The number of methoxy groups -OCH3 is 1. The lowest BCUT2D eigenvalue weighted by Gasteiger charge is -2.02. The Labute approximate surface area is 65.0 Å². The molecule has 0 aliphatic rings. The molecule has 0 aliphatic heterocycles. The lowest BCUT2D eigenvalue weighted by molar-refractivity contribution is 0.373. The van der Waals surface area contributed by atoms with Crippen molar-refractivity contribution in [1.29, 1.82) is 0 Å². The van der Waals surface area contributed by atoms with E-state index in [1.807, 2.05) is 0 Å². The van der Waals surface area contributed by atoms with E-state index in [2.05, 4.69) is 11.7 Å². The fourth-order valence-electron chi connectivity index (χ4n) is 0.777. The van der Waals surface area contributed by atoms with E-state index in [1.54, 1.807) is 12.1 Å². The Morgan fingerprint density at radius 3 is 2.73 bits per heavy atom. The first-order valence-electron chi connectivity index (χ1n) is 3.11. The van der Waals surface area contributed by atoms with Crippen LogP contribution in [-0.2, 0) is 0 Å². The van der Waals surface area contributed by atoms with E-state index in [1.165, 1.54) is 13.2 Å². The average Bonchev–Trinajstić information content (AvgIpc) is 2.04. The van der Waals surface area contributed by atoms with Crippen LogP contribution in [0.4, 0.5) is 5.69 Å². The first-order valence-corrected chi connectivity index (χ1v) is 3.11. The molecular formula is C8H9NO2. The summed E-state index contributed by atoms with van der Waals surface area (Å²) in [4.78, 5) is 3.64. The zero-order chi connectivity index (χ0) is 8.27. The van der Waals surface area contributed by atoms with Gasteiger partial charge in [-0.15, -0.1) is 0 Å². The van der Waals surface area contributed by atoms with Crippen molar-refractivity contribution in [3.8, 4) is 11.5 Å². The summed E-state index contributed by atoms with van der Waals surface area (Å²) in [6.07, 6.45) is 0. The highest BCUT2D eigenvalue weighted by Gasteiger charge is 1.99. The van der Waals surface area contributed by atoms with Crippen molar-refractivity contribution < 1.29 is 9.84 Å². The van der Waals surface area contributed by atoms with Crippen molar-refractivity contribution in [3.63, 3.8) is 0 Å². The highest BCUT2D eigenvalue weighted by atomic mass is 16.5. The van der Waals surface area contributed by atoms with Gasteiger partial charge in [-0.05, 0) is 18.9 Å². The second-order valence-corrected chi connectivity index (χ2v) is 2.01. The molecule has 11 heavy (non-hydrogen) atoms. The monoisotopic (exact) mass is 151 g/mol. The zero-order valence-electron chi connectivity index (χ0n) is 6.24. The molecule has 0 unspecified atom stereocenters. The van der Waals surface area contributed by atoms with Crippen LogP contribution in [-0.4, -0.2) is 18.9 Å². The Hall–Kier alpha value is -1.51. The minimum Gasteiger partial charge on any atom is -0.504 e. The molecule has 0 fully saturated rings. The molecule has 1 N–H and O–H groups in total. The number of hydrogen-bond donors (Lipinski definition) is 1. The predicted molar refractivity (Wildman–Crippen MR) is 43.9 cm³/mol. The predicted octanol–water partition coefficient (Wildman–Crippen LogP) is 1.73. The fourth-order valence-corrected chi connectivity index (χ4v) is 0.777. The van der Waals surface area contributed by atoms with E-state index < -0.39 is 0 Å². The number of benzene rings is 1. The summed E-state index contributed by atoms with van der Waals surface area (Å²) in [6.45, 7) is 3.33. The number of rotatable bonds is 2. The molecule has 1 aromatic carbocycles. The summed E-state index contributed by atoms with van der Waals surface area (Å²) < 4.78 is 4.83. The third-order valence-electron chi connectivity index (χ3n) is 1.35. The summed E-state index contributed by atoms with van der Waals surface area (Å²) in [5.74, 6) is 0.523. The van der Waals surface area contributed by atoms with Gasteiger partial charge in [-0.3, -0.25) is 4.99 Å². The molecule has 0 saturated heterocycles. The molecule has 0 heterocycles. The maximum absolute atomic E-state index is 9.21. The Morgan fingerprint density at radius 1 is 1.55 bits per heavy atom. The molecule has 3 nitrogen and oxygen atoms in total. The molecule has 0 amide bonds. The topological polar surface area (TPSA) is 41.8 Å². The summed E-state index contributed by atoms with van der Waals surface area (Å²) in [5, 5.41) is 9.21. The highest BCUT2D eigenvalue weighted by Crippen LogP contribution is 2.29. The van der Waals surface area contributed by atoms with Crippen LogP contribution in [0.2, 0.25) is 0 Å². The Kier molecular flexibility index (Phi) is 2.11. The molecule has 0 saturated carbocycles. The Morgan fingerprint density at radius 2 is 2.27 bits per heavy atom. The molecule has 0 spiro atoms. The molecular weight excluding hydrogens is 142 g/mol. The molecule has 3 heteroatoms. The van der Waals surface area contributed by atoms with Crippen molar-refractivity contribution in [2.24, 2.45) is 4.99 Å². The third kappa shape index (κ3) is 1.49. The van der Waals surface area contributed by atoms with E-state index in [-0.39, 0.29) is 5.75 Å². The number of phenols is 1. The number of aromatic hydroxyl groups is 1. The van der Waals surface area contributed by atoms with Gasteiger partial charge < -0.3 is 9.84 Å². The third-order valence-corrected chi connectivity index (χ3v) is 1.35. The van der Waals surface area contributed by atoms with Crippen molar-refractivity contribution >= 4 is 12.4 Å². The highest BCUT2D eigenvalue weighted by molar-refractivity contribution is 5.53. The van der Waals surface area contributed by atoms with Gasteiger partial charge in [0, 0.05) is 6.07 Å². The standard InChI is InChI=1S/C8H9NO2/c1-9-6-3-4-8(11-2)7(10)5-6/h3-5,10H,1H2,2H3. The number of phenolic OH excluding ortho intramolecular Hbond substituents is 1. The van der Waals surface area contributed by atoms with Crippen LogP contribution in [0, 0.1) is 0 Å². The SMILES string of the molecule is C=Nc1ccc(OC)c(O)c1. The quantitative estimate of drug-likeness (QED) is 0.654. The van der Waals surface area contributed by atoms with E-state index in [0.717, 1.165) is 0 Å². The minimum atomic E-state index is 0.0809. The van der Waals surface area contributed by atoms with Crippen LogP contribution in [0.5, 0.6) is 11.5 Å². The number of hydrogen-bond acceptors (Lipinski definition) is 3. The number of aliphatic imine (C=N–C) groups is 1.